The van der Waals surface area contributed by atoms with Crippen LogP contribution in [0.1, 0.15) is 46.5 Å². The Morgan fingerprint density at radius 3 is 2.33 bits per heavy atom. The summed E-state index contributed by atoms with van der Waals surface area (Å²) in [6.45, 7) is 7.04. The molecule has 2 N–H and O–H groups in total. The second-order valence-corrected chi connectivity index (χ2v) is 5.76. The molecule has 0 spiro atoms. The Morgan fingerprint density at radius 2 is 1.83 bits per heavy atom. The predicted octanol–water partition coefficient (Wildman–Crippen LogP) is 1.06. The summed E-state index contributed by atoms with van der Waals surface area (Å²) in [6.07, 6.45) is 2.64. The number of nitrogens with zero attached hydrogens (tertiary/aromatic N) is 1. The Labute approximate surface area is 109 Å². The van der Waals surface area contributed by atoms with Crippen molar-refractivity contribution in [3.63, 3.8) is 0 Å². The predicted molar refractivity (Wildman–Crippen MR) is 68.9 cm³/mol. The number of hydrogen-bond donors (Lipinski definition) is 1. The fourth-order valence-electron chi connectivity index (χ4n) is 1.96. The fraction of sp³-hybridized carbons (Fsp3) is 0.846. The number of carbonyl (C=O) groups is 2. The molecule has 0 aliphatic carbocycles. The molecule has 1 heterocycles. The molecule has 0 bridgehead atoms. The van der Waals surface area contributed by atoms with Crippen molar-refractivity contribution in [1.82, 2.24) is 4.90 Å². The topological polar surface area (TPSA) is 72.6 Å². The first-order valence-electron chi connectivity index (χ1n) is 6.56. The van der Waals surface area contributed by atoms with E-state index in [4.69, 9.17) is 10.5 Å². The molecule has 0 unspecified atom stereocenters. The number of ether oxygens (including phenoxy) is 1. The lowest BCUT2D eigenvalue weighted by molar-refractivity contribution is -0.155. The average Bonchev–Trinajstić information content (AvgIpc) is 2.75. The van der Waals surface area contributed by atoms with Crippen molar-refractivity contribution in [1.29, 1.82) is 0 Å². The van der Waals surface area contributed by atoms with Crippen LogP contribution < -0.4 is 5.73 Å². The van der Waals surface area contributed by atoms with Gasteiger partial charge in [0.1, 0.15) is 5.60 Å². The van der Waals surface area contributed by atoms with E-state index in [-0.39, 0.29) is 18.3 Å². The van der Waals surface area contributed by atoms with Crippen molar-refractivity contribution in [3.05, 3.63) is 0 Å². The Kier molecular flexibility index (Phi) is 5.14. The molecule has 5 heteroatoms. The van der Waals surface area contributed by atoms with E-state index in [1.54, 1.807) is 4.90 Å². The quantitative estimate of drug-likeness (QED) is 0.763. The highest BCUT2D eigenvalue weighted by molar-refractivity contribution is 5.82. The van der Waals surface area contributed by atoms with Crippen LogP contribution >= 0.6 is 0 Å². The summed E-state index contributed by atoms with van der Waals surface area (Å²) >= 11 is 0. The molecular formula is C13H24N2O3. The minimum Gasteiger partial charge on any atom is -0.460 e. The van der Waals surface area contributed by atoms with Gasteiger partial charge in [-0.05, 0) is 40.0 Å². The minimum absolute atomic E-state index is 0.0453. The zero-order valence-corrected chi connectivity index (χ0v) is 11.6. The van der Waals surface area contributed by atoms with Gasteiger partial charge in [0.25, 0.3) is 0 Å². The highest BCUT2D eigenvalue weighted by Gasteiger charge is 2.25. The van der Waals surface area contributed by atoms with Crippen LogP contribution in [-0.2, 0) is 14.3 Å². The van der Waals surface area contributed by atoms with Gasteiger partial charge in [0.2, 0.25) is 5.91 Å². The molecule has 1 aliphatic rings. The van der Waals surface area contributed by atoms with E-state index in [0.29, 0.717) is 6.42 Å². The van der Waals surface area contributed by atoms with Gasteiger partial charge in [-0.2, -0.15) is 0 Å². The Bertz CT molecular complexity index is 304. The first-order valence-corrected chi connectivity index (χ1v) is 6.56. The lowest BCUT2D eigenvalue weighted by Crippen LogP contribution is -2.42. The monoisotopic (exact) mass is 256 g/mol. The lowest BCUT2D eigenvalue weighted by atomic mass is 10.1. The van der Waals surface area contributed by atoms with Crippen LogP contribution in [0.15, 0.2) is 0 Å². The van der Waals surface area contributed by atoms with Crippen LogP contribution in [0, 0.1) is 0 Å². The molecule has 18 heavy (non-hydrogen) atoms. The summed E-state index contributed by atoms with van der Waals surface area (Å²) < 4.78 is 5.17. The van der Waals surface area contributed by atoms with Crippen LogP contribution in [-0.4, -0.2) is 41.5 Å². The Balaban J connectivity index is 2.29. The largest absolute Gasteiger partial charge is 0.460 e. The summed E-state index contributed by atoms with van der Waals surface area (Å²) in [4.78, 5) is 25.2. The molecule has 0 radical (unpaired) electrons. The second kappa shape index (κ2) is 6.18. The van der Waals surface area contributed by atoms with Gasteiger partial charge in [-0.15, -0.1) is 0 Å². The van der Waals surface area contributed by atoms with Gasteiger partial charge in [-0.25, -0.2) is 0 Å². The Morgan fingerprint density at radius 1 is 1.28 bits per heavy atom. The minimum atomic E-state index is -0.587. The zero-order chi connectivity index (χ0) is 13.8. The van der Waals surface area contributed by atoms with E-state index >= 15 is 0 Å². The van der Waals surface area contributed by atoms with Gasteiger partial charge in [-0.1, -0.05) is 0 Å². The van der Waals surface area contributed by atoms with Crippen molar-refractivity contribution in [2.24, 2.45) is 5.73 Å². The van der Waals surface area contributed by atoms with Crippen molar-refractivity contribution in [2.75, 3.05) is 13.1 Å². The summed E-state index contributed by atoms with van der Waals surface area (Å²) in [5.41, 5.74) is 5.32. The number of carbonyl (C=O) groups excluding carboxylic acids is 2. The molecule has 0 aromatic heterocycles. The number of amides is 1. The third kappa shape index (κ3) is 5.04. The number of likely N-dealkylation sites (tertiary alicyclic amines) is 1. The van der Waals surface area contributed by atoms with E-state index in [2.05, 4.69) is 0 Å². The van der Waals surface area contributed by atoms with E-state index in [1.807, 2.05) is 20.8 Å². The smallest absolute Gasteiger partial charge is 0.306 e. The number of rotatable bonds is 4. The molecule has 0 saturated carbocycles. The van der Waals surface area contributed by atoms with Crippen LogP contribution in [0.4, 0.5) is 0 Å². The maximum absolute atomic E-state index is 11.9. The van der Waals surface area contributed by atoms with Crippen molar-refractivity contribution in [3.8, 4) is 0 Å². The second-order valence-electron chi connectivity index (χ2n) is 5.76. The van der Waals surface area contributed by atoms with Gasteiger partial charge in [-0.3, -0.25) is 9.59 Å². The average molecular weight is 256 g/mol. The van der Waals surface area contributed by atoms with Gasteiger partial charge >= 0.3 is 5.97 Å². The molecule has 1 rings (SSSR count). The lowest BCUT2D eigenvalue weighted by Gasteiger charge is -2.22. The molecule has 0 aromatic rings. The SMILES string of the molecule is CC(C)(C)OC(=O)CC[C@@H](N)C(=O)N1CCCC1. The van der Waals surface area contributed by atoms with Crippen LogP contribution in [0.25, 0.3) is 0 Å². The molecular weight excluding hydrogens is 232 g/mol. The highest BCUT2D eigenvalue weighted by Crippen LogP contribution is 2.12. The van der Waals surface area contributed by atoms with Crippen molar-refractivity contribution >= 4 is 11.9 Å². The van der Waals surface area contributed by atoms with Gasteiger partial charge in [0, 0.05) is 19.5 Å². The number of nitrogens with two attached hydrogens (primary N) is 1. The van der Waals surface area contributed by atoms with E-state index < -0.39 is 11.6 Å². The van der Waals surface area contributed by atoms with Crippen LogP contribution in [0.2, 0.25) is 0 Å². The zero-order valence-electron chi connectivity index (χ0n) is 11.6. The molecule has 1 saturated heterocycles. The van der Waals surface area contributed by atoms with Gasteiger partial charge in [0.05, 0.1) is 6.04 Å². The number of hydrogen-bond acceptors (Lipinski definition) is 4. The summed E-state index contributed by atoms with van der Waals surface area (Å²) in [6, 6.07) is -0.587. The maximum atomic E-state index is 11.9. The highest BCUT2D eigenvalue weighted by atomic mass is 16.6. The maximum Gasteiger partial charge on any atom is 0.306 e. The van der Waals surface area contributed by atoms with Crippen LogP contribution in [0.3, 0.4) is 0 Å². The molecule has 104 valence electrons. The molecule has 1 aliphatic heterocycles. The summed E-state index contributed by atoms with van der Waals surface area (Å²) in [5, 5.41) is 0. The third-order valence-corrected chi connectivity index (χ3v) is 2.81. The third-order valence-electron chi connectivity index (χ3n) is 2.81. The molecule has 1 fully saturated rings. The van der Waals surface area contributed by atoms with Crippen molar-refractivity contribution in [2.45, 2.75) is 58.1 Å². The summed E-state index contributed by atoms with van der Waals surface area (Å²) in [5.74, 6) is -0.344. The van der Waals surface area contributed by atoms with Gasteiger partial charge in [0.15, 0.2) is 0 Å². The standard InChI is InChI=1S/C13H24N2O3/c1-13(2,3)18-11(16)7-6-10(14)12(17)15-8-4-5-9-15/h10H,4-9,14H2,1-3H3/t10-/m1/s1. The van der Waals surface area contributed by atoms with Gasteiger partial charge < -0.3 is 15.4 Å². The van der Waals surface area contributed by atoms with E-state index in [0.717, 1.165) is 25.9 Å². The summed E-state index contributed by atoms with van der Waals surface area (Å²) in [7, 11) is 0. The fourth-order valence-corrected chi connectivity index (χ4v) is 1.96. The van der Waals surface area contributed by atoms with E-state index in [1.165, 1.54) is 0 Å². The van der Waals surface area contributed by atoms with E-state index in [9.17, 15) is 9.59 Å². The first-order chi connectivity index (χ1) is 8.29. The molecule has 0 aromatic carbocycles. The van der Waals surface area contributed by atoms with Crippen LogP contribution in [0.5, 0.6) is 0 Å². The first kappa shape index (κ1) is 15.0. The van der Waals surface area contributed by atoms with Crippen molar-refractivity contribution < 1.29 is 14.3 Å². The Hall–Kier alpha value is -1.10. The molecule has 5 nitrogen and oxygen atoms in total. The normalized spacial score (nSPS) is 17.7. The molecule has 1 atom stereocenters. The number of esters is 1. The molecule has 1 amide bonds.